The minimum atomic E-state index is -1.00. The Morgan fingerprint density at radius 1 is 1.06 bits per heavy atom. The van der Waals surface area contributed by atoms with Crippen molar-refractivity contribution in [1.82, 2.24) is 9.97 Å². The molecule has 100 valence electrons. The van der Waals surface area contributed by atoms with E-state index in [9.17, 15) is 22.4 Å². The summed E-state index contributed by atoms with van der Waals surface area (Å²) in [6, 6.07) is 0. The Morgan fingerprint density at radius 3 is 1.65 bits per heavy atom. The van der Waals surface area contributed by atoms with Crippen LogP contribution in [-0.4, -0.2) is 43.4 Å². The van der Waals surface area contributed by atoms with E-state index in [1.165, 1.54) is 0 Å². The lowest BCUT2D eigenvalue weighted by atomic mass is 10.6. The lowest BCUT2D eigenvalue weighted by molar-refractivity contribution is 0.597. The Hall–Kier alpha value is -1.09. The van der Waals surface area contributed by atoms with Crippen molar-refractivity contribution in [3.8, 4) is 0 Å². The molecule has 0 amide bonds. The van der Waals surface area contributed by atoms with Crippen LogP contribution in [0, 0.1) is 5.82 Å². The smallest absolute Gasteiger partial charge is 0.311 e. The molecule has 1 rings (SSSR count). The van der Waals surface area contributed by atoms with E-state index >= 15 is 0 Å². The minimum Gasteiger partial charge on any atom is -0.311 e. The highest BCUT2D eigenvalue weighted by Gasteiger charge is 1.93. The van der Waals surface area contributed by atoms with Gasteiger partial charge in [0.2, 0.25) is 5.82 Å². The maximum Gasteiger partial charge on any atom is 0.325 e. The van der Waals surface area contributed by atoms with E-state index < -0.39 is 38.7 Å². The van der Waals surface area contributed by atoms with Gasteiger partial charge in [0.1, 0.15) is 0 Å². The average molecular weight is 286 g/mol. The third kappa shape index (κ3) is 17.5. The number of aromatic amines is 2. The molecule has 2 N–H and O–H groups in total. The lowest BCUT2D eigenvalue weighted by Gasteiger charge is -1.81. The van der Waals surface area contributed by atoms with Crippen LogP contribution in [0.1, 0.15) is 0 Å². The molecule has 9 heteroatoms. The fourth-order valence-electron chi connectivity index (χ4n) is 0.393. The summed E-state index contributed by atoms with van der Waals surface area (Å²) in [4.78, 5) is 24.0. The Bertz CT molecular complexity index is 463. The maximum atomic E-state index is 12.0. The molecule has 0 atom stereocenters. The highest BCUT2D eigenvalue weighted by atomic mass is 32.2. The summed E-state index contributed by atoms with van der Waals surface area (Å²) in [6.07, 6.45) is 7.27. The van der Waals surface area contributed by atoms with Crippen LogP contribution >= 0.6 is 0 Å². The summed E-state index contributed by atoms with van der Waals surface area (Å²) in [6.45, 7) is 0. The van der Waals surface area contributed by atoms with Crippen molar-refractivity contribution < 1.29 is 12.8 Å². The normalized spacial score (nSPS) is 9.12. The number of hydrogen-bond acceptors (Lipinski definition) is 4. The van der Waals surface area contributed by atoms with Gasteiger partial charge in [-0.25, -0.2) is 4.79 Å². The van der Waals surface area contributed by atoms with Crippen molar-refractivity contribution in [1.29, 1.82) is 0 Å². The fourth-order valence-corrected chi connectivity index (χ4v) is 0.393. The SMILES string of the molecule is CS(C)=O.CS(C)=O.O=c1[nH]cc(F)c(=O)[nH]1. The van der Waals surface area contributed by atoms with Gasteiger partial charge in [-0.2, -0.15) is 4.39 Å². The molecule has 0 aliphatic carbocycles. The van der Waals surface area contributed by atoms with Gasteiger partial charge in [-0.15, -0.1) is 0 Å². The van der Waals surface area contributed by atoms with Crippen LogP contribution in [0.4, 0.5) is 4.39 Å². The first-order valence-corrected chi connectivity index (χ1v) is 8.07. The number of nitrogens with one attached hydrogen (secondary N) is 2. The van der Waals surface area contributed by atoms with Gasteiger partial charge < -0.3 is 4.98 Å². The van der Waals surface area contributed by atoms with Crippen LogP contribution in [0.25, 0.3) is 0 Å². The van der Waals surface area contributed by atoms with Crippen LogP contribution in [-0.2, 0) is 21.6 Å². The monoisotopic (exact) mass is 286 g/mol. The molecule has 1 aromatic heterocycles. The molecule has 0 bridgehead atoms. The molecular weight excluding hydrogens is 271 g/mol. The van der Waals surface area contributed by atoms with Crippen molar-refractivity contribution >= 4 is 21.6 Å². The second-order valence-electron chi connectivity index (χ2n) is 2.90. The summed E-state index contributed by atoms with van der Waals surface area (Å²) < 4.78 is 31.1. The van der Waals surface area contributed by atoms with Gasteiger partial charge in [0.05, 0.1) is 0 Å². The molecule has 0 saturated heterocycles. The molecule has 1 aromatic rings. The van der Waals surface area contributed by atoms with E-state index in [-0.39, 0.29) is 0 Å². The Kier molecular flexibility index (Phi) is 10.8. The third-order valence-electron chi connectivity index (χ3n) is 0.774. The molecule has 0 unspecified atom stereocenters. The average Bonchev–Trinajstić information content (AvgIpc) is 2.10. The molecule has 0 radical (unpaired) electrons. The zero-order chi connectivity index (χ0) is 14.0. The molecule has 0 aromatic carbocycles. The number of H-pyrrole nitrogens is 2. The second kappa shape index (κ2) is 10.1. The van der Waals surface area contributed by atoms with Gasteiger partial charge in [-0.1, -0.05) is 0 Å². The summed E-state index contributed by atoms with van der Waals surface area (Å²) in [5.74, 6) is -0.991. The largest absolute Gasteiger partial charge is 0.325 e. The third-order valence-corrected chi connectivity index (χ3v) is 0.774. The van der Waals surface area contributed by atoms with Gasteiger partial charge in [0.25, 0.3) is 5.56 Å². The Labute approximate surface area is 103 Å². The summed E-state index contributed by atoms with van der Waals surface area (Å²) in [5.41, 5.74) is -1.71. The zero-order valence-corrected chi connectivity index (χ0v) is 11.5. The molecule has 0 spiro atoms. The highest BCUT2D eigenvalue weighted by molar-refractivity contribution is 7.83. The number of halogens is 1. The van der Waals surface area contributed by atoms with Crippen molar-refractivity contribution in [2.75, 3.05) is 25.0 Å². The molecular formula is C8H15FN2O4S2. The van der Waals surface area contributed by atoms with Crippen molar-refractivity contribution in [2.24, 2.45) is 0 Å². The molecule has 0 saturated carbocycles. The van der Waals surface area contributed by atoms with Gasteiger partial charge in [0, 0.05) is 52.8 Å². The summed E-state index contributed by atoms with van der Waals surface area (Å²) >= 11 is 0. The van der Waals surface area contributed by atoms with Crippen LogP contribution in [0.2, 0.25) is 0 Å². The van der Waals surface area contributed by atoms with E-state index in [4.69, 9.17) is 0 Å². The van der Waals surface area contributed by atoms with Crippen LogP contribution in [0.3, 0.4) is 0 Å². The molecule has 0 aliphatic heterocycles. The van der Waals surface area contributed by atoms with Crippen molar-refractivity contribution in [3.63, 3.8) is 0 Å². The van der Waals surface area contributed by atoms with Crippen LogP contribution in [0.15, 0.2) is 15.8 Å². The molecule has 6 nitrogen and oxygen atoms in total. The summed E-state index contributed by atoms with van der Waals surface area (Å²) in [5, 5.41) is 0. The first-order chi connectivity index (χ1) is 7.66. The number of aromatic nitrogens is 2. The van der Waals surface area contributed by atoms with Gasteiger partial charge in [-0.3, -0.25) is 18.2 Å². The lowest BCUT2D eigenvalue weighted by Crippen LogP contribution is -2.23. The first-order valence-electron chi connectivity index (χ1n) is 4.14. The van der Waals surface area contributed by atoms with Gasteiger partial charge in [0.15, 0.2) is 0 Å². The summed E-state index contributed by atoms with van der Waals surface area (Å²) in [7, 11) is -1.22. The topological polar surface area (TPSA) is 99.9 Å². The number of hydrogen-bond donors (Lipinski definition) is 2. The maximum absolute atomic E-state index is 12.0. The molecule has 17 heavy (non-hydrogen) atoms. The fraction of sp³-hybridized carbons (Fsp3) is 0.500. The zero-order valence-electron chi connectivity index (χ0n) is 9.90. The van der Waals surface area contributed by atoms with Gasteiger partial charge >= 0.3 is 5.69 Å². The van der Waals surface area contributed by atoms with Crippen LogP contribution < -0.4 is 11.2 Å². The van der Waals surface area contributed by atoms with Crippen molar-refractivity contribution in [2.45, 2.75) is 0 Å². The minimum absolute atomic E-state index is 0.611. The van der Waals surface area contributed by atoms with Crippen LogP contribution in [0.5, 0.6) is 0 Å². The molecule has 1 heterocycles. The first kappa shape index (κ1) is 18.3. The predicted molar refractivity (Wildman–Crippen MR) is 67.6 cm³/mol. The van der Waals surface area contributed by atoms with E-state index in [1.807, 2.05) is 4.98 Å². The Balaban J connectivity index is 0. The second-order valence-corrected chi connectivity index (χ2v) is 5.87. The van der Waals surface area contributed by atoms with E-state index in [0.29, 0.717) is 6.20 Å². The molecule has 0 fully saturated rings. The van der Waals surface area contributed by atoms with E-state index in [0.717, 1.165) is 0 Å². The van der Waals surface area contributed by atoms with E-state index in [1.54, 1.807) is 30.0 Å². The molecule has 0 aliphatic rings. The van der Waals surface area contributed by atoms with Crippen molar-refractivity contribution in [3.05, 3.63) is 32.9 Å². The quantitative estimate of drug-likeness (QED) is 0.651. The standard InChI is InChI=1S/C4H3FN2O2.2C2H6OS/c5-2-1-6-4(9)7-3(2)8;2*1-4(2)3/h1H,(H2,6,7,8,9);2*1-2H3. The highest BCUT2D eigenvalue weighted by Crippen LogP contribution is 1.74. The van der Waals surface area contributed by atoms with Gasteiger partial charge in [-0.05, 0) is 0 Å². The van der Waals surface area contributed by atoms with E-state index in [2.05, 4.69) is 0 Å². The number of rotatable bonds is 0. The Morgan fingerprint density at radius 2 is 1.41 bits per heavy atom. The predicted octanol–water partition coefficient (Wildman–Crippen LogP) is -0.808.